The van der Waals surface area contributed by atoms with Crippen molar-refractivity contribution in [3.05, 3.63) is 59.7 Å². The smallest absolute Gasteiger partial charge is 0.224 e. The Kier molecular flexibility index (Phi) is 4.34. The van der Waals surface area contributed by atoms with E-state index in [0.717, 1.165) is 17.7 Å². The van der Waals surface area contributed by atoms with Crippen LogP contribution in [0.4, 0.5) is 18.9 Å². The second-order valence-electron chi connectivity index (χ2n) is 4.13. The highest BCUT2D eigenvalue weighted by Crippen LogP contribution is 2.19. The number of rotatable bonds is 4. The van der Waals surface area contributed by atoms with Crippen LogP contribution in [-0.2, 0) is 11.2 Å². The van der Waals surface area contributed by atoms with Crippen molar-refractivity contribution < 1.29 is 18.0 Å². The highest BCUT2D eigenvalue weighted by molar-refractivity contribution is 5.90. The summed E-state index contributed by atoms with van der Waals surface area (Å²) in [6, 6.07) is 5.28. The third-order valence-corrected chi connectivity index (χ3v) is 2.67. The molecule has 2 aromatic rings. The summed E-state index contributed by atoms with van der Waals surface area (Å²) in [7, 11) is 0. The first-order valence-electron chi connectivity index (χ1n) is 5.90. The van der Waals surface area contributed by atoms with Gasteiger partial charge in [-0.2, -0.15) is 0 Å². The number of aryl methyl sites for hydroxylation is 1. The maximum Gasteiger partial charge on any atom is 0.224 e. The summed E-state index contributed by atoms with van der Waals surface area (Å²) in [4.78, 5) is 15.5. The van der Waals surface area contributed by atoms with Gasteiger partial charge in [0, 0.05) is 18.8 Å². The minimum Gasteiger partial charge on any atom is -0.323 e. The monoisotopic (exact) mass is 280 g/mol. The van der Waals surface area contributed by atoms with Gasteiger partial charge in [-0.05, 0) is 30.2 Å². The van der Waals surface area contributed by atoms with E-state index in [9.17, 15) is 18.0 Å². The number of aromatic nitrogens is 1. The van der Waals surface area contributed by atoms with E-state index < -0.39 is 23.4 Å². The summed E-state index contributed by atoms with van der Waals surface area (Å²) in [5.74, 6) is -4.79. The van der Waals surface area contributed by atoms with E-state index in [4.69, 9.17) is 0 Å². The molecule has 1 heterocycles. The first kappa shape index (κ1) is 14.0. The van der Waals surface area contributed by atoms with Crippen molar-refractivity contribution in [3.8, 4) is 0 Å². The number of hydrogen-bond acceptors (Lipinski definition) is 2. The Morgan fingerprint density at radius 3 is 2.65 bits per heavy atom. The van der Waals surface area contributed by atoms with Gasteiger partial charge >= 0.3 is 0 Å². The van der Waals surface area contributed by atoms with E-state index in [-0.39, 0.29) is 12.1 Å². The fourth-order valence-corrected chi connectivity index (χ4v) is 1.64. The molecule has 0 saturated heterocycles. The Morgan fingerprint density at radius 2 is 1.95 bits per heavy atom. The van der Waals surface area contributed by atoms with Crippen LogP contribution in [-0.4, -0.2) is 10.9 Å². The molecule has 0 aliphatic rings. The van der Waals surface area contributed by atoms with Gasteiger partial charge in [0.25, 0.3) is 0 Å². The van der Waals surface area contributed by atoms with E-state index in [1.807, 2.05) is 0 Å². The summed E-state index contributed by atoms with van der Waals surface area (Å²) in [5.41, 5.74) is 0.480. The molecule has 0 aliphatic carbocycles. The summed E-state index contributed by atoms with van der Waals surface area (Å²) in [6.45, 7) is 0. The Morgan fingerprint density at radius 1 is 1.15 bits per heavy atom. The zero-order valence-electron chi connectivity index (χ0n) is 10.4. The molecule has 1 N–H and O–H groups in total. The van der Waals surface area contributed by atoms with Crippen molar-refractivity contribution in [1.82, 2.24) is 4.98 Å². The maximum atomic E-state index is 13.3. The highest BCUT2D eigenvalue weighted by atomic mass is 19.2. The Balaban J connectivity index is 1.97. The van der Waals surface area contributed by atoms with Crippen molar-refractivity contribution in [2.75, 3.05) is 5.32 Å². The fraction of sp³-hybridized carbons (Fsp3) is 0.143. The van der Waals surface area contributed by atoms with Gasteiger partial charge in [-0.15, -0.1) is 0 Å². The number of pyridine rings is 1. The van der Waals surface area contributed by atoms with Crippen molar-refractivity contribution in [2.45, 2.75) is 12.8 Å². The van der Waals surface area contributed by atoms with E-state index in [1.165, 1.54) is 0 Å². The number of anilines is 1. The third kappa shape index (κ3) is 3.34. The molecule has 3 nitrogen and oxygen atoms in total. The molecule has 104 valence electrons. The molecule has 0 bridgehead atoms. The SMILES string of the molecule is O=C(CCc1cccnc1)Nc1ccc(F)c(F)c1F. The van der Waals surface area contributed by atoms with E-state index >= 15 is 0 Å². The van der Waals surface area contributed by atoms with Crippen LogP contribution in [0.2, 0.25) is 0 Å². The second-order valence-corrected chi connectivity index (χ2v) is 4.13. The van der Waals surface area contributed by atoms with Crippen molar-refractivity contribution in [2.24, 2.45) is 0 Å². The molecule has 2 rings (SSSR count). The predicted molar refractivity (Wildman–Crippen MR) is 67.5 cm³/mol. The molecular weight excluding hydrogens is 269 g/mol. The number of carbonyl (C=O) groups excluding carboxylic acids is 1. The Hall–Kier alpha value is -2.37. The quantitative estimate of drug-likeness (QED) is 0.874. The van der Waals surface area contributed by atoms with E-state index in [2.05, 4.69) is 10.3 Å². The molecule has 1 aromatic carbocycles. The first-order valence-corrected chi connectivity index (χ1v) is 5.90. The van der Waals surface area contributed by atoms with Gasteiger partial charge in [0.1, 0.15) is 0 Å². The summed E-state index contributed by atoms with van der Waals surface area (Å²) >= 11 is 0. The van der Waals surface area contributed by atoms with Gasteiger partial charge in [-0.3, -0.25) is 9.78 Å². The topological polar surface area (TPSA) is 42.0 Å². The molecule has 0 spiro atoms. The Bertz CT molecular complexity index is 617. The van der Waals surface area contributed by atoms with Crippen LogP contribution in [0.25, 0.3) is 0 Å². The average Bonchev–Trinajstić information content (AvgIpc) is 2.47. The molecule has 0 saturated carbocycles. The summed E-state index contributed by atoms with van der Waals surface area (Å²) < 4.78 is 39.1. The van der Waals surface area contributed by atoms with Crippen LogP contribution < -0.4 is 5.32 Å². The lowest BCUT2D eigenvalue weighted by atomic mass is 10.1. The highest BCUT2D eigenvalue weighted by Gasteiger charge is 2.15. The van der Waals surface area contributed by atoms with Crippen molar-refractivity contribution in [3.63, 3.8) is 0 Å². The number of nitrogens with one attached hydrogen (secondary N) is 1. The number of carbonyl (C=O) groups is 1. The lowest BCUT2D eigenvalue weighted by Crippen LogP contribution is -2.14. The minimum atomic E-state index is -1.60. The summed E-state index contributed by atoms with van der Waals surface area (Å²) in [6.07, 6.45) is 3.74. The number of benzene rings is 1. The van der Waals surface area contributed by atoms with E-state index in [1.54, 1.807) is 24.5 Å². The van der Waals surface area contributed by atoms with Crippen LogP contribution in [0.15, 0.2) is 36.7 Å². The predicted octanol–water partition coefficient (Wildman–Crippen LogP) is 3.07. The lowest BCUT2D eigenvalue weighted by Gasteiger charge is -2.07. The molecule has 0 unspecified atom stereocenters. The largest absolute Gasteiger partial charge is 0.323 e. The molecule has 20 heavy (non-hydrogen) atoms. The average molecular weight is 280 g/mol. The van der Waals surface area contributed by atoms with Crippen LogP contribution in [0.1, 0.15) is 12.0 Å². The normalized spacial score (nSPS) is 10.3. The Labute approximate surface area is 113 Å². The fourth-order valence-electron chi connectivity index (χ4n) is 1.64. The molecular formula is C14H11F3N2O. The third-order valence-electron chi connectivity index (χ3n) is 2.67. The van der Waals surface area contributed by atoms with Gasteiger partial charge in [0.2, 0.25) is 5.91 Å². The molecule has 0 radical (unpaired) electrons. The number of hydrogen-bond donors (Lipinski definition) is 1. The zero-order valence-corrected chi connectivity index (χ0v) is 10.4. The molecule has 6 heteroatoms. The molecule has 1 amide bonds. The first-order chi connectivity index (χ1) is 9.58. The van der Waals surface area contributed by atoms with Crippen molar-refractivity contribution >= 4 is 11.6 Å². The van der Waals surface area contributed by atoms with Crippen LogP contribution in [0, 0.1) is 17.5 Å². The van der Waals surface area contributed by atoms with Crippen molar-refractivity contribution in [1.29, 1.82) is 0 Å². The molecule has 0 fully saturated rings. The molecule has 0 atom stereocenters. The van der Waals surface area contributed by atoms with Gasteiger partial charge < -0.3 is 5.32 Å². The summed E-state index contributed by atoms with van der Waals surface area (Å²) in [5, 5.41) is 2.21. The number of nitrogens with zero attached hydrogens (tertiary/aromatic N) is 1. The minimum absolute atomic E-state index is 0.0874. The van der Waals surface area contributed by atoms with E-state index in [0.29, 0.717) is 6.42 Å². The second kappa shape index (κ2) is 6.18. The van der Waals surface area contributed by atoms with Gasteiger partial charge in [-0.25, -0.2) is 13.2 Å². The van der Waals surface area contributed by atoms with Crippen LogP contribution >= 0.6 is 0 Å². The van der Waals surface area contributed by atoms with Crippen LogP contribution in [0.5, 0.6) is 0 Å². The standard InChI is InChI=1S/C14H11F3N2O/c15-10-4-5-11(14(17)13(10)16)19-12(20)6-3-9-2-1-7-18-8-9/h1-2,4-5,7-8H,3,6H2,(H,19,20). The zero-order chi connectivity index (χ0) is 14.5. The lowest BCUT2D eigenvalue weighted by molar-refractivity contribution is -0.116. The number of halogens is 3. The number of amides is 1. The maximum absolute atomic E-state index is 13.3. The van der Waals surface area contributed by atoms with Gasteiger partial charge in [0.05, 0.1) is 5.69 Å². The van der Waals surface area contributed by atoms with Gasteiger partial charge in [-0.1, -0.05) is 6.07 Å². The van der Waals surface area contributed by atoms with Gasteiger partial charge in [0.15, 0.2) is 17.5 Å². The van der Waals surface area contributed by atoms with Crippen LogP contribution in [0.3, 0.4) is 0 Å². The molecule has 1 aromatic heterocycles. The molecule has 0 aliphatic heterocycles.